The van der Waals surface area contributed by atoms with E-state index in [9.17, 15) is 0 Å². The normalized spacial score (nSPS) is 12.0. The Balaban J connectivity index is 1.80. The fourth-order valence-corrected chi connectivity index (χ4v) is 2.73. The number of furan rings is 1. The van der Waals surface area contributed by atoms with Crippen molar-refractivity contribution in [1.29, 1.82) is 0 Å². The highest BCUT2D eigenvalue weighted by atomic mass is 16.3. The molecule has 5 heteroatoms. The zero-order valence-electron chi connectivity index (χ0n) is 13.9. The van der Waals surface area contributed by atoms with Gasteiger partial charge in [0.1, 0.15) is 17.5 Å². The van der Waals surface area contributed by atoms with Gasteiger partial charge in [0.25, 0.3) is 0 Å². The van der Waals surface area contributed by atoms with Crippen LogP contribution in [0.3, 0.4) is 0 Å². The van der Waals surface area contributed by atoms with E-state index in [0.717, 1.165) is 27.9 Å². The topological polar surface area (TPSA) is 67.6 Å². The van der Waals surface area contributed by atoms with Crippen LogP contribution < -0.4 is 0 Å². The van der Waals surface area contributed by atoms with Gasteiger partial charge in [-0.1, -0.05) is 45.0 Å². The lowest BCUT2D eigenvalue weighted by Crippen LogP contribution is -2.10. The SMILES string of the molecule is CC(C)(C)c1ccc(-c2coc3ccc(-c4cn[nH]n4)nc23)cc1. The summed E-state index contributed by atoms with van der Waals surface area (Å²) in [7, 11) is 0. The summed E-state index contributed by atoms with van der Waals surface area (Å²) in [5, 5.41) is 10.5. The molecule has 1 aromatic carbocycles. The maximum atomic E-state index is 5.67. The molecule has 0 saturated carbocycles. The number of aromatic nitrogens is 4. The molecule has 120 valence electrons. The van der Waals surface area contributed by atoms with E-state index in [1.54, 1.807) is 12.5 Å². The molecule has 24 heavy (non-hydrogen) atoms. The van der Waals surface area contributed by atoms with Crippen molar-refractivity contribution in [3.8, 4) is 22.5 Å². The first kappa shape index (κ1) is 14.6. The number of nitrogens with zero attached hydrogens (tertiary/aromatic N) is 3. The van der Waals surface area contributed by atoms with E-state index >= 15 is 0 Å². The van der Waals surface area contributed by atoms with E-state index in [-0.39, 0.29) is 5.41 Å². The second-order valence-electron chi connectivity index (χ2n) is 6.88. The van der Waals surface area contributed by atoms with Crippen LogP contribution in [0.25, 0.3) is 33.6 Å². The number of pyridine rings is 1. The molecule has 0 atom stereocenters. The molecule has 0 aliphatic carbocycles. The number of hydrogen-bond acceptors (Lipinski definition) is 4. The third-order valence-electron chi connectivity index (χ3n) is 4.16. The van der Waals surface area contributed by atoms with Crippen LogP contribution in [0.4, 0.5) is 0 Å². The standard InChI is InChI=1S/C19H18N4O/c1-19(2,3)13-6-4-12(5-7-13)14-11-24-17-9-8-15(21-18(14)17)16-10-20-23-22-16/h4-11H,1-3H3,(H,20,22,23). The van der Waals surface area contributed by atoms with E-state index in [4.69, 9.17) is 9.40 Å². The van der Waals surface area contributed by atoms with E-state index < -0.39 is 0 Å². The Hall–Kier alpha value is -2.95. The van der Waals surface area contributed by atoms with Crippen molar-refractivity contribution in [3.63, 3.8) is 0 Å². The fraction of sp³-hybridized carbons (Fsp3) is 0.211. The molecule has 0 fully saturated rings. The highest BCUT2D eigenvalue weighted by Crippen LogP contribution is 2.32. The Kier molecular flexibility index (Phi) is 3.23. The highest BCUT2D eigenvalue weighted by molar-refractivity contribution is 5.91. The molecule has 0 spiro atoms. The summed E-state index contributed by atoms with van der Waals surface area (Å²) in [6, 6.07) is 12.4. The van der Waals surface area contributed by atoms with Crippen LogP contribution in [-0.4, -0.2) is 20.4 Å². The molecule has 0 saturated heterocycles. The van der Waals surface area contributed by atoms with Crippen LogP contribution in [0.1, 0.15) is 26.3 Å². The smallest absolute Gasteiger partial charge is 0.153 e. The van der Waals surface area contributed by atoms with Gasteiger partial charge in [-0.05, 0) is 28.7 Å². The summed E-state index contributed by atoms with van der Waals surface area (Å²) in [4.78, 5) is 4.71. The van der Waals surface area contributed by atoms with Crippen LogP contribution in [0, 0.1) is 0 Å². The number of H-pyrrole nitrogens is 1. The molecule has 4 aromatic rings. The summed E-state index contributed by atoms with van der Waals surface area (Å²) in [6.45, 7) is 6.63. The molecule has 3 heterocycles. The largest absolute Gasteiger partial charge is 0.462 e. The summed E-state index contributed by atoms with van der Waals surface area (Å²) >= 11 is 0. The first-order valence-electron chi connectivity index (χ1n) is 7.88. The Labute approximate surface area is 139 Å². The van der Waals surface area contributed by atoms with Gasteiger partial charge in [0.15, 0.2) is 5.58 Å². The van der Waals surface area contributed by atoms with Gasteiger partial charge >= 0.3 is 0 Å². The predicted molar refractivity (Wildman–Crippen MR) is 93.5 cm³/mol. The van der Waals surface area contributed by atoms with E-state index in [2.05, 4.69) is 60.4 Å². The van der Waals surface area contributed by atoms with Crippen LogP contribution in [0.2, 0.25) is 0 Å². The summed E-state index contributed by atoms with van der Waals surface area (Å²) in [5.74, 6) is 0. The number of benzene rings is 1. The van der Waals surface area contributed by atoms with E-state index in [0.29, 0.717) is 5.69 Å². The van der Waals surface area contributed by atoms with E-state index in [1.165, 1.54) is 5.56 Å². The van der Waals surface area contributed by atoms with Crippen LogP contribution in [0.15, 0.2) is 53.3 Å². The molecular weight excluding hydrogens is 300 g/mol. The van der Waals surface area contributed by atoms with Gasteiger partial charge in [-0.3, -0.25) is 0 Å². The van der Waals surface area contributed by atoms with Crippen molar-refractivity contribution in [2.75, 3.05) is 0 Å². The zero-order chi connectivity index (χ0) is 16.7. The van der Waals surface area contributed by atoms with Crippen molar-refractivity contribution in [2.45, 2.75) is 26.2 Å². The summed E-state index contributed by atoms with van der Waals surface area (Å²) in [5.41, 5.74) is 6.58. The molecule has 0 aliphatic rings. The van der Waals surface area contributed by atoms with Gasteiger partial charge in [-0.2, -0.15) is 15.4 Å². The van der Waals surface area contributed by atoms with Crippen LogP contribution >= 0.6 is 0 Å². The average molecular weight is 318 g/mol. The van der Waals surface area contributed by atoms with Crippen molar-refractivity contribution in [2.24, 2.45) is 0 Å². The minimum Gasteiger partial charge on any atom is -0.462 e. The lowest BCUT2D eigenvalue weighted by Gasteiger charge is -2.19. The fourth-order valence-electron chi connectivity index (χ4n) is 2.73. The molecule has 0 unspecified atom stereocenters. The molecule has 0 amide bonds. The second kappa shape index (κ2) is 5.30. The molecule has 0 bridgehead atoms. The summed E-state index contributed by atoms with van der Waals surface area (Å²) < 4.78 is 5.67. The Morgan fingerprint density at radius 1 is 0.958 bits per heavy atom. The number of aromatic amines is 1. The van der Waals surface area contributed by atoms with Crippen molar-refractivity contribution >= 4 is 11.1 Å². The molecule has 3 aromatic heterocycles. The number of fused-ring (bicyclic) bond motifs is 1. The maximum Gasteiger partial charge on any atom is 0.153 e. The monoisotopic (exact) mass is 318 g/mol. The minimum absolute atomic E-state index is 0.134. The average Bonchev–Trinajstić information content (AvgIpc) is 3.23. The van der Waals surface area contributed by atoms with Crippen molar-refractivity contribution in [3.05, 3.63) is 54.4 Å². The first-order valence-corrected chi connectivity index (χ1v) is 7.88. The van der Waals surface area contributed by atoms with Crippen molar-refractivity contribution < 1.29 is 4.42 Å². The van der Waals surface area contributed by atoms with Gasteiger partial charge in [0.2, 0.25) is 0 Å². The minimum atomic E-state index is 0.134. The Morgan fingerprint density at radius 2 is 1.75 bits per heavy atom. The number of hydrogen-bond donors (Lipinski definition) is 1. The third-order valence-corrected chi connectivity index (χ3v) is 4.16. The third kappa shape index (κ3) is 2.48. The van der Waals surface area contributed by atoms with E-state index in [1.807, 2.05) is 12.1 Å². The molecule has 4 rings (SSSR count). The van der Waals surface area contributed by atoms with Crippen LogP contribution in [-0.2, 0) is 5.41 Å². The van der Waals surface area contributed by atoms with Crippen LogP contribution in [0.5, 0.6) is 0 Å². The van der Waals surface area contributed by atoms with Gasteiger partial charge < -0.3 is 4.42 Å². The van der Waals surface area contributed by atoms with Gasteiger partial charge in [-0.15, -0.1) is 0 Å². The molecule has 1 N–H and O–H groups in total. The highest BCUT2D eigenvalue weighted by Gasteiger charge is 2.15. The predicted octanol–water partition coefficient (Wildman–Crippen LogP) is 4.58. The molecule has 0 radical (unpaired) electrons. The van der Waals surface area contributed by atoms with Gasteiger partial charge in [0.05, 0.1) is 11.9 Å². The van der Waals surface area contributed by atoms with Gasteiger partial charge in [-0.25, -0.2) is 4.98 Å². The quantitative estimate of drug-likeness (QED) is 0.587. The maximum absolute atomic E-state index is 5.67. The summed E-state index contributed by atoms with van der Waals surface area (Å²) in [6.07, 6.45) is 3.42. The lowest BCUT2D eigenvalue weighted by molar-refractivity contribution is 0.590. The zero-order valence-corrected chi connectivity index (χ0v) is 13.9. The first-order chi connectivity index (χ1) is 11.5. The second-order valence-corrected chi connectivity index (χ2v) is 6.88. The molecule has 0 aliphatic heterocycles. The number of rotatable bonds is 2. The van der Waals surface area contributed by atoms with Gasteiger partial charge in [0, 0.05) is 5.56 Å². The lowest BCUT2D eigenvalue weighted by atomic mass is 9.86. The Bertz CT molecular complexity index is 977. The molecule has 5 nitrogen and oxygen atoms in total. The molecular formula is C19H18N4O. The van der Waals surface area contributed by atoms with Crippen molar-refractivity contribution in [1.82, 2.24) is 20.4 Å². The Morgan fingerprint density at radius 3 is 2.42 bits per heavy atom. The number of nitrogens with one attached hydrogen (secondary N) is 1.